The predicted molar refractivity (Wildman–Crippen MR) is 124 cm³/mol. The first-order chi connectivity index (χ1) is 16.3. The fourth-order valence-corrected chi connectivity index (χ4v) is 3.63. The molecule has 5 rings (SSSR count). The van der Waals surface area contributed by atoms with Gasteiger partial charge in [0.05, 0.1) is 18.1 Å². The number of hydrogen-bond donors (Lipinski definition) is 0. The lowest BCUT2D eigenvalue weighted by Gasteiger charge is -2.09. The average Bonchev–Trinajstić information content (AvgIpc) is 3.61. The summed E-state index contributed by atoms with van der Waals surface area (Å²) in [7, 11) is 0. The highest BCUT2D eigenvalue weighted by Crippen LogP contribution is 2.43. The van der Waals surface area contributed by atoms with Crippen molar-refractivity contribution < 1.29 is 18.0 Å². The molecule has 0 unspecified atom stereocenters. The number of aliphatic imine (C=N–C) groups is 1. The van der Waals surface area contributed by atoms with Crippen LogP contribution in [0.25, 0.3) is 33.6 Å². The van der Waals surface area contributed by atoms with Gasteiger partial charge >= 0.3 is 0 Å². The van der Waals surface area contributed by atoms with Crippen molar-refractivity contribution in [2.45, 2.75) is 0 Å². The van der Waals surface area contributed by atoms with Gasteiger partial charge < -0.3 is 18.0 Å². The van der Waals surface area contributed by atoms with Gasteiger partial charge in [0, 0.05) is 11.8 Å². The second kappa shape index (κ2) is 8.66. The fraction of sp³-hybridized carbons (Fsp3) is 0.0370. The molecule has 5 aromatic rings. The Hall–Kier alpha value is -4.94. The van der Waals surface area contributed by atoms with Crippen molar-refractivity contribution in [2.75, 3.05) is 6.61 Å². The molecule has 0 amide bonds. The van der Waals surface area contributed by atoms with Crippen molar-refractivity contribution >= 4 is 22.9 Å². The van der Waals surface area contributed by atoms with Crippen LogP contribution in [0, 0.1) is 23.7 Å². The Morgan fingerprint density at radius 3 is 2.48 bits per heavy atom. The second-order valence-electron chi connectivity index (χ2n) is 7.00. The predicted octanol–water partition coefficient (Wildman–Crippen LogP) is 6.59. The standard InChI is InChI=1S/C27H16N2O4/c1-2-13-30-22-12-11-18-7-3-4-8-19(18)21(22)17-29-27-20(16-28)25(23-9-5-14-31-23)26(33-27)24-10-6-15-32-24/h1,3-12,14-15,17H,13H2. The van der Waals surface area contributed by atoms with Crippen LogP contribution < -0.4 is 4.74 Å². The third-order valence-electron chi connectivity index (χ3n) is 5.07. The maximum Gasteiger partial charge on any atom is 0.238 e. The molecule has 0 radical (unpaired) electrons. The van der Waals surface area contributed by atoms with Gasteiger partial charge in [-0.2, -0.15) is 5.26 Å². The summed E-state index contributed by atoms with van der Waals surface area (Å²) in [6.07, 6.45) is 10.1. The zero-order chi connectivity index (χ0) is 22.6. The minimum absolute atomic E-state index is 0.120. The normalized spacial score (nSPS) is 11.0. The van der Waals surface area contributed by atoms with Crippen molar-refractivity contribution in [2.24, 2.45) is 4.99 Å². The summed E-state index contributed by atoms with van der Waals surface area (Å²) < 4.78 is 22.8. The number of rotatable bonds is 6. The molecule has 158 valence electrons. The summed E-state index contributed by atoms with van der Waals surface area (Å²) in [5.41, 5.74) is 1.44. The molecule has 33 heavy (non-hydrogen) atoms. The van der Waals surface area contributed by atoms with Crippen LogP contribution in [-0.2, 0) is 0 Å². The highest BCUT2D eigenvalue weighted by atomic mass is 16.5. The van der Waals surface area contributed by atoms with Gasteiger partial charge in [0.2, 0.25) is 5.88 Å². The highest BCUT2D eigenvalue weighted by Gasteiger charge is 2.26. The van der Waals surface area contributed by atoms with Gasteiger partial charge in [0.1, 0.15) is 29.7 Å². The first kappa shape index (κ1) is 20.0. The molecule has 0 bridgehead atoms. The van der Waals surface area contributed by atoms with E-state index in [9.17, 15) is 5.26 Å². The molecule has 0 N–H and O–H groups in total. The van der Waals surface area contributed by atoms with E-state index in [2.05, 4.69) is 17.0 Å². The van der Waals surface area contributed by atoms with Gasteiger partial charge in [0.15, 0.2) is 11.5 Å². The Morgan fingerprint density at radius 2 is 1.76 bits per heavy atom. The first-order valence-corrected chi connectivity index (χ1v) is 10.1. The van der Waals surface area contributed by atoms with Gasteiger partial charge in [-0.25, -0.2) is 4.99 Å². The van der Waals surface area contributed by atoms with Crippen molar-refractivity contribution in [3.63, 3.8) is 0 Å². The molecule has 6 nitrogen and oxygen atoms in total. The SMILES string of the molecule is C#CCOc1ccc2ccccc2c1C=Nc1oc(-c2ccco2)c(-c2ccco2)c1C#N. The largest absolute Gasteiger partial charge is 0.480 e. The Kier molecular flexibility index (Phi) is 5.25. The quantitative estimate of drug-likeness (QED) is 0.223. The van der Waals surface area contributed by atoms with Crippen molar-refractivity contribution in [1.82, 2.24) is 0 Å². The monoisotopic (exact) mass is 432 g/mol. The molecule has 3 aromatic heterocycles. The number of terminal acetylenes is 1. The van der Waals surface area contributed by atoms with Crippen LogP contribution >= 0.6 is 0 Å². The lowest BCUT2D eigenvalue weighted by atomic mass is 10.0. The van der Waals surface area contributed by atoms with Crippen LogP contribution in [0.15, 0.2) is 91.4 Å². The molecule has 2 aromatic carbocycles. The van der Waals surface area contributed by atoms with E-state index in [1.54, 1.807) is 30.5 Å². The third kappa shape index (κ3) is 3.67. The molecule has 0 spiro atoms. The van der Waals surface area contributed by atoms with Gasteiger partial charge in [-0.05, 0) is 41.1 Å². The van der Waals surface area contributed by atoms with E-state index < -0.39 is 0 Å². The summed E-state index contributed by atoms with van der Waals surface area (Å²) in [5, 5.41) is 11.9. The Bertz CT molecular complexity index is 1530. The van der Waals surface area contributed by atoms with Gasteiger partial charge in [-0.3, -0.25) is 0 Å². The number of hydrogen-bond acceptors (Lipinski definition) is 6. The minimum atomic E-state index is 0.120. The lowest BCUT2D eigenvalue weighted by molar-refractivity contribution is 0.370. The van der Waals surface area contributed by atoms with Gasteiger partial charge in [-0.1, -0.05) is 36.3 Å². The number of fused-ring (bicyclic) bond motifs is 1. The summed E-state index contributed by atoms with van der Waals surface area (Å²) in [6.45, 7) is 0.120. The number of nitriles is 1. The van der Waals surface area contributed by atoms with E-state index in [1.165, 1.54) is 12.5 Å². The summed E-state index contributed by atoms with van der Waals surface area (Å²) >= 11 is 0. The molecule has 0 atom stereocenters. The smallest absolute Gasteiger partial charge is 0.238 e. The van der Waals surface area contributed by atoms with E-state index in [0.29, 0.717) is 28.6 Å². The lowest BCUT2D eigenvalue weighted by Crippen LogP contribution is -1.98. The number of benzene rings is 2. The minimum Gasteiger partial charge on any atom is -0.480 e. The number of ether oxygens (including phenoxy) is 1. The zero-order valence-corrected chi connectivity index (χ0v) is 17.3. The molecule has 0 aliphatic carbocycles. The van der Waals surface area contributed by atoms with Crippen LogP contribution in [0.3, 0.4) is 0 Å². The molecule has 0 aliphatic heterocycles. The first-order valence-electron chi connectivity index (χ1n) is 10.1. The Labute approximate surface area is 189 Å². The van der Waals surface area contributed by atoms with Crippen LogP contribution in [0.1, 0.15) is 11.1 Å². The summed E-state index contributed by atoms with van der Waals surface area (Å²) in [6, 6.07) is 20.8. The summed E-state index contributed by atoms with van der Waals surface area (Å²) in [4.78, 5) is 4.54. The van der Waals surface area contributed by atoms with E-state index >= 15 is 0 Å². The molecular formula is C27H16N2O4. The van der Waals surface area contributed by atoms with Crippen molar-refractivity contribution in [3.05, 3.63) is 84.3 Å². The van der Waals surface area contributed by atoms with Crippen LogP contribution in [0.2, 0.25) is 0 Å². The van der Waals surface area contributed by atoms with Crippen LogP contribution in [-0.4, -0.2) is 12.8 Å². The van der Waals surface area contributed by atoms with E-state index in [0.717, 1.165) is 16.3 Å². The second-order valence-corrected chi connectivity index (χ2v) is 7.00. The molecule has 0 saturated carbocycles. The van der Waals surface area contributed by atoms with Crippen LogP contribution in [0.4, 0.5) is 5.88 Å². The maximum atomic E-state index is 9.95. The maximum absolute atomic E-state index is 9.95. The molecule has 0 saturated heterocycles. The third-order valence-corrected chi connectivity index (χ3v) is 5.07. The molecule has 3 heterocycles. The van der Waals surface area contributed by atoms with Gasteiger partial charge in [-0.15, -0.1) is 6.42 Å². The highest BCUT2D eigenvalue weighted by molar-refractivity contribution is 6.03. The molecule has 6 heteroatoms. The molecule has 0 fully saturated rings. The van der Waals surface area contributed by atoms with E-state index in [-0.39, 0.29) is 18.1 Å². The van der Waals surface area contributed by atoms with Gasteiger partial charge in [0.25, 0.3) is 0 Å². The fourth-order valence-electron chi connectivity index (χ4n) is 3.63. The summed E-state index contributed by atoms with van der Waals surface area (Å²) in [5.74, 6) is 4.49. The number of furan rings is 3. The van der Waals surface area contributed by atoms with Crippen LogP contribution in [0.5, 0.6) is 5.75 Å². The number of nitrogens with zero attached hydrogens (tertiary/aromatic N) is 2. The zero-order valence-electron chi connectivity index (χ0n) is 17.3. The molecular weight excluding hydrogens is 416 g/mol. The average molecular weight is 432 g/mol. The van der Waals surface area contributed by atoms with E-state index in [4.69, 9.17) is 24.4 Å². The Balaban J connectivity index is 1.67. The Morgan fingerprint density at radius 1 is 0.970 bits per heavy atom. The van der Waals surface area contributed by atoms with Crippen molar-refractivity contribution in [1.29, 1.82) is 5.26 Å². The molecule has 0 aliphatic rings. The van der Waals surface area contributed by atoms with Crippen molar-refractivity contribution in [3.8, 4) is 47.0 Å². The topological polar surface area (TPSA) is 84.8 Å². The van der Waals surface area contributed by atoms with E-state index in [1.807, 2.05) is 36.4 Å².